The van der Waals surface area contributed by atoms with E-state index in [4.69, 9.17) is 14.7 Å². The van der Waals surface area contributed by atoms with Crippen molar-refractivity contribution in [2.45, 2.75) is 12.5 Å². The van der Waals surface area contributed by atoms with Gasteiger partial charge in [-0.3, -0.25) is 19.6 Å². The summed E-state index contributed by atoms with van der Waals surface area (Å²) in [5, 5.41) is 16.5. The van der Waals surface area contributed by atoms with E-state index in [2.05, 4.69) is 10.6 Å². The van der Waals surface area contributed by atoms with Gasteiger partial charge in [0.25, 0.3) is 5.91 Å². The third kappa shape index (κ3) is 7.03. The highest BCUT2D eigenvalue weighted by atomic mass is 16.5. The number of fused-ring (bicyclic) bond motifs is 1. The molecule has 0 aliphatic heterocycles. The quantitative estimate of drug-likeness (QED) is 0.135. The predicted molar refractivity (Wildman–Crippen MR) is 152 cm³/mol. The third-order valence-electron chi connectivity index (χ3n) is 6.25. The number of amides is 3. The van der Waals surface area contributed by atoms with Crippen molar-refractivity contribution in [2.24, 2.45) is 0 Å². The Hall–Kier alpha value is -5.15. The number of nitrogens with one attached hydrogen (secondary N) is 3. The van der Waals surface area contributed by atoms with E-state index in [1.165, 1.54) is 37.5 Å². The molecule has 0 saturated carbocycles. The molecule has 0 radical (unpaired) electrons. The van der Waals surface area contributed by atoms with Crippen LogP contribution in [0.1, 0.15) is 21.5 Å². The number of hydroxylamine groups is 1. The van der Waals surface area contributed by atoms with Crippen molar-refractivity contribution >= 4 is 40.3 Å². The summed E-state index contributed by atoms with van der Waals surface area (Å²) in [6.45, 7) is 0. The second-order valence-electron chi connectivity index (χ2n) is 8.90. The van der Waals surface area contributed by atoms with E-state index in [9.17, 15) is 14.4 Å². The second-order valence-corrected chi connectivity index (χ2v) is 8.90. The molecule has 0 aliphatic rings. The SMILES string of the molecule is COc1ccc(OC)c(/C=C/C(=O)NC(Cc2ccc3ccccc3c2)C(=O)Nc2ccc(C(=O)NO)cc2)c1. The number of anilines is 1. The minimum atomic E-state index is -0.911. The fourth-order valence-corrected chi connectivity index (χ4v) is 4.16. The first-order valence-corrected chi connectivity index (χ1v) is 12.4. The van der Waals surface area contributed by atoms with E-state index in [1.807, 2.05) is 42.5 Å². The summed E-state index contributed by atoms with van der Waals surface area (Å²) >= 11 is 0. The molecule has 0 saturated heterocycles. The van der Waals surface area contributed by atoms with Crippen molar-refractivity contribution < 1.29 is 29.1 Å². The van der Waals surface area contributed by atoms with Gasteiger partial charge in [0.1, 0.15) is 17.5 Å². The molecule has 4 aromatic carbocycles. The molecular formula is C31H29N3O6. The molecule has 0 fully saturated rings. The van der Waals surface area contributed by atoms with Gasteiger partial charge < -0.3 is 20.1 Å². The Balaban J connectivity index is 1.55. The zero-order chi connectivity index (χ0) is 28.5. The van der Waals surface area contributed by atoms with Gasteiger partial charge in [-0.2, -0.15) is 0 Å². The lowest BCUT2D eigenvalue weighted by Crippen LogP contribution is -2.44. The minimum Gasteiger partial charge on any atom is -0.497 e. The van der Waals surface area contributed by atoms with Gasteiger partial charge in [0.05, 0.1) is 14.2 Å². The molecule has 0 spiro atoms. The van der Waals surface area contributed by atoms with Crippen LogP contribution < -0.4 is 25.6 Å². The lowest BCUT2D eigenvalue weighted by atomic mass is 10.0. The van der Waals surface area contributed by atoms with Crippen LogP contribution in [0.15, 0.2) is 91.0 Å². The highest BCUT2D eigenvalue weighted by molar-refractivity contribution is 6.01. The van der Waals surface area contributed by atoms with Crippen molar-refractivity contribution in [3.05, 3.63) is 108 Å². The summed E-state index contributed by atoms with van der Waals surface area (Å²) < 4.78 is 10.6. The van der Waals surface area contributed by atoms with E-state index < -0.39 is 23.8 Å². The van der Waals surface area contributed by atoms with Crippen molar-refractivity contribution in [2.75, 3.05) is 19.5 Å². The van der Waals surface area contributed by atoms with E-state index in [0.29, 0.717) is 22.7 Å². The normalized spacial score (nSPS) is 11.6. The monoisotopic (exact) mass is 539 g/mol. The van der Waals surface area contributed by atoms with E-state index >= 15 is 0 Å². The third-order valence-corrected chi connectivity index (χ3v) is 6.25. The molecule has 4 N–H and O–H groups in total. The molecule has 3 amide bonds. The summed E-state index contributed by atoms with van der Waals surface area (Å²) in [7, 11) is 3.08. The van der Waals surface area contributed by atoms with Gasteiger partial charge in [-0.05, 0) is 64.9 Å². The number of carbonyl (C=O) groups excluding carboxylic acids is 3. The Kier molecular flexibility index (Phi) is 9.11. The Labute approximate surface area is 231 Å². The number of hydrogen-bond acceptors (Lipinski definition) is 6. The molecular weight excluding hydrogens is 510 g/mol. The molecule has 0 bridgehead atoms. The zero-order valence-corrected chi connectivity index (χ0v) is 22.0. The van der Waals surface area contributed by atoms with Gasteiger partial charge in [-0.15, -0.1) is 0 Å². The Morgan fingerprint density at radius 3 is 2.33 bits per heavy atom. The molecule has 1 atom stereocenters. The number of methoxy groups -OCH3 is 2. The lowest BCUT2D eigenvalue weighted by molar-refractivity contribution is -0.123. The summed E-state index contributed by atoms with van der Waals surface area (Å²) in [4.78, 5) is 37.9. The van der Waals surface area contributed by atoms with Crippen molar-refractivity contribution in [3.63, 3.8) is 0 Å². The van der Waals surface area contributed by atoms with Crippen molar-refractivity contribution in [3.8, 4) is 11.5 Å². The van der Waals surface area contributed by atoms with Gasteiger partial charge in [-0.1, -0.05) is 42.5 Å². The van der Waals surface area contributed by atoms with Crippen LogP contribution in [0.25, 0.3) is 16.8 Å². The second kappa shape index (κ2) is 13.1. The van der Waals surface area contributed by atoms with Crippen LogP contribution in [-0.2, 0) is 16.0 Å². The molecule has 40 heavy (non-hydrogen) atoms. The first kappa shape index (κ1) is 27.9. The highest BCUT2D eigenvalue weighted by Gasteiger charge is 2.21. The smallest absolute Gasteiger partial charge is 0.274 e. The maximum absolute atomic E-state index is 13.3. The molecule has 9 heteroatoms. The minimum absolute atomic E-state index is 0.222. The fraction of sp³-hybridized carbons (Fsp3) is 0.129. The number of carbonyl (C=O) groups is 3. The highest BCUT2D eigenvalue weighted by Crippen LogP contribution is 2.25. The van der Waals surface area contributed by atoms with Crippen LogP contribution in [0.2, 0.25) is 0 Å². The lowest BCUT2D eigenvalue weighted by Gasteiger charge is -2.18. The Morgan fingerprint density at radius 2 is 1.62 bits per heavy atom. The topological polar surface area (TPSA) is 126 Å². The number of ether oxygens (including phenoxy) is 2. The van der Waals surface area contributed by atoms with Gasteiger partial charge in [0.2, 0.25) is 11.8 Å². The largest absolute Gasteiger partial charge is 0.497 e. The first-order chi connectivity index (χ1) is 19.4. The molecule has 204 valence electrons. The van der Waals surface area contributed by atoms with Crippen LogP contribution in [-0.4, -0.2) is 43.2 Å². The molecule has 9 nitrogen and oxygen atoms in total. The van der Waals surface area contributed by atoms with Crippen molar-refractivity contribution in [1.29, 1.82) is 0 Å². The average molecular weight is 540 g/mol. The van der Waals surface area contributed by atoms with E-state index in [0.717, 1.165) is 16.3 Å². The van der Waals surface area contributed by atoms with Crippen LogP contribution in [0.3, 0.4) is 0 Å². The van der Waals surface area contributed by atoms with Crippen LogP contribution in [0, 0.1) is 0 Å². The average Bonchev–Trinajstić information content (AvgIpc) is 2.99. The maximum Gasteiger partial charge on any atom is 0.274 e. The van der Waals surface area contributed by atoms with Crippen LogP contribution in [0.5, 0.6) is 11.5 Å². The van der Waals surface area contributed by atoms with Crippen molar-refractivity contribution in [1.82, 2.24) is 10.8 Å². The standard InChI is InChI=1S/C31H29N3O6/c1-39-26-14-15-28(40-2)24(19-26)11-16-29(35)33-27(18-20-7-8-21-5-3-4-6-23(21)17-20)31(37)32-25-12-9-22(10-13-25)30(36)34-38/h3-17,19,27,38H,18H2,1-2H3,(H,32,37)(H,33,35)(H,34,36)/b16-11+. The maximum atomic E-state index is 13.3. The molecule has 0 aromatic heterocycles. The summed E-state index contributed by atoms with van der Waals surface area (Å²) in [6.07, 6.45) is 3.16. The molecule has 1 unspecified atom stereocenters. The molecule has 0 aliphatic carbocycles. The zero-order valence-electron chi connectivity index (χ0n) is 22.0. The number of benzene rings is 4. The summed E-state index contributed by atoms with van der Waals surface area (Å²) in [5.41, 5.74) is 3.72. The first-order valence-electron chi connectivity index (χ1n) is 12.4. The van der Waals surface area contributed by atoms with Crippen LogP contribution in [0.4, 0.5) is 5.69 Å². The number of rotatable bonds is 10. The predicted octanol–water partition coefficient (Wildman–Crippen LogP) is 4.36. The van der Waals surface area contributed by atoms with Gasteiger partial charge in [0, 0.05) is 29.3 Å². The van der Waals surface area contributed by atoms with Gasteiger partial charge >= 0.3 is 0 Å². The van der Waals surface area contributed by atoms with E-state index in [-0.39, 0.29) is 12.0 Å². The van der Waals surface area contributed by atoms with Gasteiger partial charge in [0.15, 0.2) is 0 Å². The van der Waals surface area contributed by atoms with Gasteiger partial charge in [-0.25, -0.2) is 5.48 Å². The molecule has 4 rings (SSSR count). The molecule has 4 aromatic rings. The summed E-state index contributed by atoms with van der Waals surface area (Å²) in [6, 6.07) is 24.1. The Bertz CT molecular complexity index is 1550. The number of hydrogen-bond donors (Lipinski definition) is 4. The molecule has 0 heterocycles. The summed E-state index contributed by atoms with van der Waals surface area (Å²) in [5.74, 6) is -0.404. The van der Waals surface area contributed by atoms with E-state index in [1.54, 1.807) is 36.9 Å². The Morgan fingerprint density at radius 1 is 0.875 bits per heavy atom. The fourth-order valence-electron chi connectivity index (χ4n) is 4.16. The van der Waals surface area contributed by atoms with Crippen LogP contribution >= 0.6 is 0 Å².